The predicted octanol–water partition coefficient (Wildman–Crippen LogP) is 4.08. The van der Waals surface area contributed by atoms with E-state index in [9.17, 15) is 14.4 Å². The van der Waals surface area contributed by atoms with Crippen molar-refractivity contribution in [2.75, 3.05) is 23.5 Å². The molecule has 178 valence electrons. The van der Waals surface area contributed by atoms with Crippen LogP contribution in [0.3, 0.4) is 0 Å². The molecule has 0 bridgehead atoms. The second-order valence-corrected chi connectivity index (χ2v) is 8.72. The third-order valence-corrected chi connectivity index (χ3v) is 6.31. The lowest BCUT2D eigenvalue weighted by Crippen LogP contribution is -2.30. The average Bonchev–Trinajstić information content (AvgIpc) is 2.87. The summed E-state index contributed by atoms with van der Waals surface area (Å²) < 4.78 is 6.29. The highest BCUT2D eigenvalue weighted by molar-refractivity contribution is 8.00. The van der Waals surface area contributed by atoms with Gasteiger partial charge in [0.25, 0.3) is 5.56 Å². The lowest BCUT2D eigenvalue weighted by atomic mass is 10.1. The summed E-state index contributed by atoms with van der Waals surface area (Å²) >= 11 is 1.30. The topological polar surface area (TPSA) is 102 Å². The van der Waals surface area contributed by atoms with E-state index >= 15 is 0 Å². The van der Waals surface area contributed by atoms with Crippen molar-refractivity contribution in [3.05, 3.63) is 88.8 Å². The van der Waals surface area contributed by atoms with Gasteiger partial charge in [0, 0.05) is 16.0 Å². The SMILES string of the molecule is COc1ccc(NC(=O)CSc2ccccc2NC(=O)Cn2nc(C)c3ccccc3c2=O)cc1. The average molecular weight is 489 g/mol. The molecule has 0 saturated carbocycles. The molecule has 0 fully saturated rings. The summed E-state index contributed by atoms with van der Waals surface area (Å²) in [6, 6.07) is 21.5. The van der Waals surface area contributed by atoms with Gasteiger partial charge < -0.3 is 15.4 Å². The van der Waals surface area contributed by atoms with Crippen molar-refractivity contribution in [2.45, 2.75) is 18.4 Å². The van der Waals surface area contributed by atoms with Crippen molar-refractivity contribution < 1.29 is 14.3 Å². The Bertz CT molecular complexity index is 1430. The smallest absolute Gasteiger partial charge is 0.275 e. The number of para-hydroxylation sites is 1. The van der Waals surface area contributed by atoms with E-state index in [2.05, 4.69) is 15.7 Å². The maximum absolute atomic E-state index is 12.8. The van der Waals surface area contributed by atoms with Crippen LogP contribution in [0.15, 0.2) is 82.5 Å². The van der Waals surface area contributed by atoms with E-state index in [1.165, 1.54) is 16.4 Å². The van der Waals surface area contributed by atoms with Crippen LogP contribution in [0.5, 0.6) is 5.75 Å². The molecule has 0 unspecified atom stereocenters. The third-order valence-electron chi connectivity index (χ3n) is 5.24. The molecule has 8 nitrogen and oxygen atoms in total. The van der Waals surface area contributed by atoms with Crippen molar-refractivity contribution in [1.82, 2.24) is 9.78 Å². The second-order valence-electron chi connectivity index (χ2n) is 7.70. The van der Waals surface area contributed by atoms with Crippen LogP contribution in [0.4, 0.5) is 11.4 Å². The first kappa shape index (κ1) is 24.0. The van der Waals surface area contributed by atoms with E-state index in [0.29, 0.717) is 28.2 Å². The molecule has 2 N–H and O–H groups in total. The molecular formula is C26H24N4O4S. The number of aromatic nitrogens is 2. The van der Waals surface area contributed by atoms with Gasteiger partial charge >= 0.3 is 0 Å². The van der Waals surface area contributed by atoms with Gasteiger partial charge in [-0.05, 0) is 49.4 Å². The van der Waals surface area contributed by atoms with Gasteiger partial charge in [0.1, 0.15) is 12.3 Å². The highest BCUT2D eigenvalue weighted by Gasteiger charge is 2.13. The summed E-state index contributed by atoms with van der Waals surface area (Å²) in [7, 11) is 1.58. The van der Waals surface area contributed by atoms with Gasteiger partial charge in [0.2, 0.25) is 11.8 Å². The summed E-state index contributed by atoms with van der Waals surface area (Å²) in [5, 5.41) is 11.2. The molecular weight excluding hydrogens is 464 g/mol. The quantitative estimate of drug-likeness (QED) is 0.362. The standard InChI is InChI=1S/C26H24N4O4S/c1-17-20-7-3-4-8-21(20)26(33)30(29-17)15-24(31)28-22-9-5-6-10-23(22)35-16-25(32)27-18-11-13-19(34-2)14-12-18/h3-14H,15-16H2,1-2H3,(H,27,32)(H,28,31). The Morgan fingerprint density at radius 3 is 2.34 bits per heavy atom. The minimum atomic E-state index is -0.384. The minimum absolute atomic E-state index is 0.157. The highest BCUT2D eigenvalue weighted by atomic mass is 32.2. The Morgan fingerprint density at radius 2 is 1.60 bits per heavy atom. The first-order chi connectivity index (χ1) is 16.9. The first-order valence-corrected chi connectivity index (χ1v) is 11.8. The summed E-state index contributed by atoms with van der Waals surface area (Å²) in [6.45, 7) is 1.58. The Hall–Kier alpha value is -4.11. The number of rotatable bonds is 8. The van der Waals surface area contributed by atoms with Crippen molar-refractivity contribution >= 4 is 45.7 Å². The molecule has 2 amide bonds. The number of benzene rings is 3. The van der Waals surface area contributed by atoms with Gasteiger partial charge in [0.05, 0.1) is 29.6 Å². The number of methoxy groups -OCH3 is 1. The highest BCUT2D eigenvalue weighted by Crippen LogP contribution is 2.27. The zero-order valence-corrected chi connectivity index (χ0v) is 20.1. The molecule has 0 aliphatic heterocycles. The lowest BCUT2D eigenvalue weighted by molar-refractivity contribution is -0.117. The third kappa shape index (κ3) is 5.88. The fourth-order valence-corrected chi connectivity index (χ4v) is 4.36. The first-order valence-electron chi connectivity index (χ1n) is 10.9. The number of nitrogens with one attached hydrogen (secondary N) is 2. The number of anilines is 2. The van der Waals surface area contributed by atoms with Crippen LogP contribution in [0.2, 0.25) is 0 Å². The largest absolute Gasteiger partial charge is 0.497 e. The zero-order chi connectivity index (χ0) is 24.8. The fraction of sp³-hybridized carbons (Fsp3) is 0.154. The molecule has 0 radical (unpaired) electrons. The Kier molecular flexibility index (Phi) is 7.47. The van der Waals surface area contributed by atoms with Gasteiger partial charge in [0.15, 0.2) is 0 Å². The number of hydrogen-bond donors (Lipinski definition) is 2. The molecule has 35 heavy (non-hydrogen) atoms. The zero-order valence-electron chi connectivity index (χ0n) is 19.3. The van der Waals surface area contributed by atoms with Crippen LogP contribution in [-0.4, -0.2) is 34.5 Å². The molecule has 3 aromatic carbocycles. The molecule has 0 spiro atoms. The van der Waals surface area contributed by atoms with Crippen molar-refractivity contribution in [3.8, 4) is 5.75 Å². The number of nitrogens with zero attached hydrogens (tertiary/aromatic N) is 2. The van der Waals surface area contributed by atoms with Crippen molar-refractivity contribution in [3.63, 3.8) is 0 Å². The number of carbonyl (C=O) groups is 2. The summed E-state index contributed by atoms with van der Waals surface area (Å²) in [4.78, 5) is 38.7. The Balaban J connectivity index is 1.40. The van der Waals surface area contributed by atoms with E-state index in [4.69, 9.17) is 4.74 Å². The number of aryl methyl sites for hydroxylation is 1. The van der Waals surface area contributed by atoms with E-state index in [0.717, 1.165) is 10.3 Å². The van der Waals surface area contributed by atoms with Crippen molar-refractivity contribution in [1.29, 1.82) is 0 Å². The molecule has 4 aromatic rings. The van der Waals surface area contributed by atoms with Crippen LogP contribution in [0.25, 0.3) is 10.8 Å². The number of thioether (sulfide) groups is 1. The summed E-state index contributed by atoms with van der Waals surface area (Å²) in [5.41, 5.74) is 1.58. The van der Waals surface area contributed by atoms with Crippen LogP contribution in [0.1, 0.15) is 5.69 Å². The summed E-state index contributed by atoms with van der Waals surface area (Å²) in [5.74, 6) is 0.302. The Morgan fingerprint density at radius 1 is 0.914 bits per heavy atom. The summed E-state index contributed by atoms with van der Waals surface area (Å²) in [6.07, 6.45) is 0. The van der Waals surface area contributed by atoms with Gasteiger partial charge in [-0.2, -0.15) is 5.10 Å². The molecule has 0 saturated heterocycles. The number of fused-ring (bicyclic) bond motifs is 1. The minimum Gasteiger partial charge on any atom is -0.497 e. The van der Waals surface area contributed by atoms with E-state index < -0.39 is 0 Å². The van der Waals surface area contributed by atoms with Gasteiger partial charge in [-0.15, -0.1) is 11.8 Å². The molecule has 9 heteroatoms. The number of hydrogen-bond acceptors (Lipinski definition) is 6. The van der Waals surface area contributed by atoms with Crippen LogP contribution in [0, 0.1) is 6.92 Å². The maximum atomic E-state index is 12.8. The normalized spacial score (nSPS) is 10.7. The molecule has 0 aliphatic carbocycles. The molecule has 1 heterocycles. The van der Waals surface area contributed by atoms with Gasteiger partial charge in [-0.25, -0.2) is 4.68 Å². The fourth-order valence-electron chi connectivity index (χ4n) is 3.55. The van der Waals surface area contributed by atoms with Crippen LogP contribution < -0.4 is 20.9 Å². The molecule has 0 aliphatic rings. The van der Waals surface area contributed by atoms with Gasteiger partial charge in [-0.1, -0.05) is 30.3 Å². The maximum Gasteiger partial charge on any atom is 0.275 e. The van der Waals surface area contributed by atoms with E-state index in [-0.39, 0.29) is 29.7 Å². The molecule has 0 atom stereocenters. The van der Waals surface area contributed by atoms with Gasteiger partial charge in [-0.3, -0.25) is 14.4 Å². The monoisotopic (exact) mass is 488 g/mol. The predicted molar refractivity (Wildman–Crippen MR) is 138 cm³/mol. The van der Waals surface area contributed by atoms with E-state index in [1.54, 1.807) is 62.6 Å². The Labute approximate surface area is 206 Å². The lowest BCUT2D eigenvalue weighted by Gasteiger charge is -2.12. The van der Waals surface area contributed by atoms with Crippen LogP contribution >= 0.6 is 11.8 Å². The van der Waals surface area contributed by atoms with Crippen LogP contribution in [-0.2, 0) is 16.1 Å². The molecule has 1 aromatic heterocycles. The molecule has 4 rings (SSSR count). The van der Waals surface area contributed by atoms with E-state index in [1.807, 2.05) is 24.3 Å². The number of ether oxygens (including phenoxy) is 1. The second kappa shape index (κ2) is 10.9. The number of amides is 2. The van der Waals surface area contributed by atoms with Crippen molar-refractivity contribution in [2.24, 2.45) is 0 Å². The number of carbonyl (C=O) groups excluding carboxylic acids is 2.